The standard InChI is InChI=1S/C8H6F2N2O3/c1-11-8(13)4-2-5(9)6(10)3-7(4)12(14)15/h2-3H,1H3,(H,11,13). The lowest BCUT2D eigenvalue weighted by Gasteiger charge is -2.02. The molecule has 0 saturated heterocycles. The van der Waals surface area contributed by atoms with Crippen molar-refractivity contribution in [1.82, 2.24) is 5.32 Å². The van der Waals surface area contributed by atoms with Crippen molar-refractivity contribution in [3.05, 3.63) is 39.4 Å². The number of halogens is 2. The molecule has 0 aliphatic heterocycles. The second-order valence-corrected chi connectivity index (χ2v) is 2.62. The van der Waals surface area contributed by atoms with Crippen LogP contribution < -0.4 is 5.32 Å². The molecule has 0 atom stereocenters. The normalized spacial score (nSPS) is 9.80. The number of rotatable bonds is 2. The number of carbonyl (C=O) groups is 1. The molecule has 1 rings (SSSR count). The predicted molar refractivity (Wildman–Crippen MR) is 46.4 cm³/mol. The third-order valence-corrected chi connectivity index (χ3v) is 1.71. The van der Waals surface area contributed by atoms with E-state index in [9.17, 15) is 23.7 Å². The molecule has 80 valence electrons. The number of amides is 1. The van der Waals surface area contributed by atoms with E-state index in [1.807, 2.05) is 0 Å². The van der Waals surface area contributed by atoms with Crippen molar-refractivity contribution in [2.24, 2.45) is 0 Å². The summed E-state index contributed by atoms with van der Waals surface area (Å²) < 4.78 is 25.4. The van der Waals surface area contributed by atoms with Gasteiger partial charge in [0.05, 0.1) is 11.0 Å². The minimum atomic E-state index is -1.37. The van der Waals surface area contributed by atoms with Gasteiger partial charge in [-0.2, -0.15) is 0 Å². The van der Waals surface area contributed by atoms with E-state index in [1.165, 1.54) is 7.05 Å². The minimum absolute atomic E-state index is 0.375. The molecule has 1 aromatic rings. The van der Waals surface area contributed by atoms with Crippen molar-refractivity contribution >= 4 is 11.6 Å². The first-order valence-corrected chi connectivity index (χ1v) is 3.83. The molecule has 0 bridgehead atoms. The molecule has 0 unspecified atom stereocenters. The second kappa shape index (κ2) is 3.99. The van der Waals surface area contributed by atoms with Gasteiger partial charge in [0.25, 0.3) is 11.6 Å². The van der Waals surface area contributed by atoms with Crippen LogP contribution >= 0.6 is 0 Å². The van der Waals surface area contributed by atoms with Crippen molar-refractivity contribution < 1.29 is 18.5 Å². The van der Waals surface area contributed by atoms with Crippen molar-refractivity contribution in [3.8, 4) is 0 Å². The lowest BCUT2D eigenvalue weighted by atomic mass is 10.1. The molecule has 1 aromatic carbocycles. The fourth-order valence-electron chi connectivity index (χ4n) is 1.00. The van der Waals surface area contributed by atoms with E-state index in [0.29, 0.717) is 12.1 Å². The molecule has 0 heterocycles. The monoisotopic (exact) mass is 216 g/mol. The van der Waals surface area contributed by atoms with E-state index in [0.717, 1.165) is 0 Å². The number of nitrogens with zero attached hydrogens (tertiary/aromatic N) is 1. The van der Waals surface area contributed by atoms with Crippen molar-refractivity contribution in [1.29, 1.82) is 0 Å². The van der Waals surface area contributed by atoms with E-state index < -0.39 is 33.7 Å². The maximum atomic E-state index is 12.7. The van der Waals surface area contributed by atoms with Gasteiger partial charge >= 0.3 is 0 Å². The van der Waals surface area contributed by atoms with Crippen molar-refractivity contribution in [2.45, 2.75) is 0 Å². The van der Waals surface area contributed by atoms with Gasteiger partial charge in [-0.1, -0.05) is 0 Å². The minimum Gasteiger partial charge on any atom is -0.355 e. The number of benzene rings is 1. The Hall–Kier alpha value is -2.05. The molecule has 0 aliphatic carbocycles. The molecule has 0 spiro atoms. The fourth-order valence-corrected chi connectivity index (χ4v) is 1.00. The van der Waals surface area contributed by atoms with Crippen LogP contribution in [0, 0.1) is 21.7 Å². The Morgan fingerprint density at radius 2 is 1.93 bits per heavy atom. The van der Waals surface area contributed by atoms with Crippen LogP contribution in [0.4, 0.5) is 14.5 Å². The molecule has 0 radical (unpaired) electrons. The van der Waals surface area contributed by atoms with Gasteiger partial charge in [0, 0.05) is 7.05 Å². The molecule has 7 heteroatoms. The highest BCUT2D eigenvalue weighted by molar-refractivity contribution is 5.97. The summed E-state index contributed by atoms with van der Waals surface area (Å²) in [6.07, 6.45) is 0. The molecule has 0 fully saturated rings. The lowest BCUT2D eigenvalue weighted by molar-refractivity contribution is -0.385. The third-order valence-electron chi connectivity index (χ3n) is 1.71. The molecule has 0 aromatic heterocycles. The molecule has 5 nitrogen and oxygen atoms in total. The van der Waals surface area contributed by atoms with E-state index in [2.05, 4.69) is 5.32 Å². The number of nitrogens with one attached hydrogen (secondary N) is 1. The van der Waals surface area contributed by atoms with Crippen LogP contribution in [0.2, 0.25) is 0 Å². The topological polar surface area (TPSA) is 72.2 Å². The lowest BCUT2D eigenvalue weighted by Crippen LogP contribution is -2.19. The van der Waals surface area contributed by atoms with Gasteiger partial charge in [0.1, 0.15) is 5.56 Å². The Bertz CT molecular complexity index is 434. The van der Waals surface area contributed by atoms with Crippen LogP contribution in [0.1, 0.15) is 10.4 Å². The van der Waals surface area contributed by atoms with E-state index in [4.69, 9.17) is 0 Å². The van der Waals surface area contributed by atoms with Crippen molar-refractivity contribution in [3.63, 3.8) is 0 Å². The van der Waals surface area contributed by atoms with Crippen LogP contribution in [0.5, 0.6) is 0 Å². The highest BCUT2D eigenvalue weighted by Crippen LogP contribution is 2.21. The molecular weight excluding hydrogens is 210 g/mol. The fraction of sp³-hybridized carbons (Fsp3) is 0.125. The first-order valence-electron chi connectivity index (χ1n) is 3.83. The zero-order valence-electron chi connectivity index (χ0n) is 7.58. The van der Waals surface area contributed by atoms with Crippen LogP contribution in [0.15, 0.2) is 12.1 Å². The Kier molecular flexibility index (Phi) is 2.93. The first kappa shape index (κ1) is 11.0. The highest BCUT2D eigenvalue weighted by Gasteiger charge is 2.22. The average molecular weight is 216 g/mol. The summed E-state index contributed by atoms with van der Waals surface area (Å²) in [7, 11) is 1.23. The number of hydrogen-bond acceptors (Lipinski definition) is 3. The predicted octanol–water partition coefficient (Wildman–Crippen LogP) is 1.23. The third kappa shape index (κ3) is 2.06. The van der Waals surface area contributed by atoms with Gasteiger partial charge in [-0.3, -0.25) is 14.9 Å². The van der Waals surface area contributed by atoms with Gasteiger partial charge in [0.15, 0.2) is 11.6 Å². The SMILES string of the molecule is CNC(=O)c1cc(F)c(F)cc1[N+](=O)[O-]. The zero-order chi connectivity index (χ0) is 11.6. The Morgan fingerprint density at radius 3 is 2.40 bits per heavy atom. The van der Waals surface area contributed by atoms with Crippen LogP contribution in [0.25, 0.3) is 0 Å². The van der Waals surface area contributed by atoms with Crippen LogP contribution in [-0.2, 0) is 0 Å². The number of nitro groups is 1. The zero-order valence-corrected chi connectivity index (χ0v) is 7.58. The number of carbonyl (C=O) groups excluding carboxylic acids is 1. The Morgan fingerprint density at radius 1 is 1.40 bits per heavy atom. The molecule has 1 amide bonds. The average Bonchev–Trinajstić information content (AvgIpc) is 2.20. The molecule has 15 heavy (non-hydrogen) atoms. The highest BCUT2D eigenvalue weighted by atomic mass is 19.2. The summed E-state index contributed by atoms with van der Waals surface area (Å²) in [5, 5.41) is 12.5. The molecular formula is C8H6F2N2O3. The van der Waals surface area contributed by atoms with Gasteiger partial charge < -0.3 is 5.32 Å². The van der Waals surface area contributed by atoms with E-state index in [1.54, 1.807) is 0 Å². The quantitative estimate of drug-likeness (QED) is 0.597. The second-order valence-electron chi connectivity index (χ2n) is 2.62. The number of hydrogen-bond donors (Lipinski definition) is 1. The van der Waals surface area contributed by atoms with Gasteiger partial charge in [-0.25, -0.2) is 8.78 Å². The largest absolute Gasteiger partial charge is 0.355 e. The van der Waals surface area contributed by atoms with Gasteiger partial charge in [-0.05, 0) is 6.07 Å². The van der Waals surface area contributed by atoms with E-state index in [-0.39, 0.29) is 0 Å². The number of nitro benzene ring substituents is 1. The Balaban J connectivity index is 3.41. The van der Waals surface area contributed by atoms with Crippen LogP contribution in [0.3, 0.4) is 0 Å². The van der Waals surface area contributed by atoms with Gasteiger partial charge in [0.2, 0.25) is 0 Å². The Labute approximate surface area is 82.9 Å². The van der Waals surface area contributed by atoms with Crippen molar-refractivity contribution in [2.75, 3.05) is 7.05 Å². The maximum absolute atomic E-state index is 12.7. The summed E-state index contributed by atoms with van der Waals surface area (Å²) >= 11 is 0. The molecule has 1 N–H and O–H groups in total. The van der Waals surface area contributed by atoms with E-state index >= 15 is 0 Å². The summed E-state index contributed by atoms with van der Waals surface area (Å²) in [5.41, 5.74) is -1.28. The smallest absolute Gasteiger partial charge is 0.285 e. The summed E-state index contributed by atoms with van der Waals surface area (Å²) in [6.45, 7) is 0. The summed E-state index contributed by atoms with van der Waals surface area (Å²) in [4.78, 5) is 20.6. The molecule has 0 saturated carbocycles. The van der Waals surface area contributed by atoms with Gasteiger partial charge in [-0.15, -0.1) is 0 Å². The molecule has 0 aliphatic rings. The maximum Gasteiger partial charge on any atom is 0.285 e. The van der Waals surface area contributed by atoms with Crippen LogP contribution in [-0.4, -0.2) is 17.9 Å². The summed E-state index contributed by atoms with van der Waals surface area (Å²) in [5.74, 6) is -3.52. The first-order chi connectivity index (χ1) is 6.97. The summed E-state index contributed by atoms with van der Waals surface area (Å²) in [6, 6.07) is 0.867.